The van der Waals surface area contributed by atoms with Crippen molar-refractivity contribution in [1.29, 1.82) is 0 Å². The third-order valence-electron chi connectivity index (χ3n) is 2.29. The molecule has 0 rings (SSSR count). The third-order valence-corrected chi connectivity index (χ3v) is 2.29. The van der Waals surface area contributed by atoms with Gasteiger partial charge in [-0.15, -0.1) is 0 Å². The van der Waals surface area contributed by atoms with Crippen LogP contribution in [-0.4, -0.2) is 17.0 Å². The molecule has 0 radical (unpaired) electrons. The highest BCUT2D eigenvalue weighted by Crippen LogP contribution is 2.22. The molecule has 0 aromatic heterocycles. The van der Waals surface area contributed by atoms with Crippen LogP contribution in [0, 0.1) is 5.41 Å². The van der Waals surface area contributed by atoms with Gasteiger partial charge in [0.05, 0.1) is 5.60 Å². The fourth-order valence-electron chi connectivity index (χ4n) is 1.40. The van der Waals surface area contributed by atoms with Crippen molar-refractivity contribution in [2.24, 2.45) is 5.41 Å². The van der Waals surface area contributed by atoms with E-state index < -0.39 is 6.29 Å². The Hall–Kier alpha value is -0.120. The largest absolute Gasteiger partial charge is 0.366 e. The summed E-state index contributed by atoms with van der Waals surface area (Å²) in [5.74, 6) is 0. The normalized spacial score (nSPS) is 15.0. The molecule has 0 aliphatic carbocycles. The molecule has 0 saturated heterocycles. The van der Waals surface area contributed by atoms with E-state index in [1.54, 1.807) is 0 Å². The monoisotopic (exact) mass is 246 g/mol. The maximum Gasteiger partial charge on any atom is 0.188 e. The van der Waals surface area contributed by atoms with Crippen molar-refractivity contribution in [2.75, 3.05) is 0 Å². The van der Waals surface area contributed by atoms with E-state index in [9.17, 15) is 5.11 Å². The van der Waals surface area contributed by atoms with Crippen LogP contribution in [0.25, 0.3) is 0 Å². The first-order valence-corrected chi connectivity index (χ1v) is 6.63. The summed E-state index contributed by atoms with van der Waals surface area (Å²) >= 11 is 0. The van der Waals surface area contributed by atoms with Crippen molar-refractivity contribution >= 4 is 0 Å². The van der Waals surface area contributed by atoms with Crippen molar-refractivity contribution in [1.82, 2.24) is 0 Å². The first kappa shape index (κ1) is 16.9. The second-order valence-electron chi connectivity index (χ2n) is 6.91. The second-order valence-corrected chi connectivity index (χ2v) is 6.91. The fraction of sp³-hybridized carbons (Fsp3) is 1.00. The van der Waals surface area contributed by atoms with Crippen LogP contribution in [-0.2, 0) is 9.78 Å². The highest BCUT2D eigenvalue weighted by molar-refractivity contribution is 4.61. The lowest BCUT2D eigenvalue weighted by Gasteiger charge is -2.20. The molecular formula is C14H30O3. The Balaban J connectivity index is 3.43. The number of aliphatic hydroxyl groups is 1. The number of hydrogen-bond acceptors (Lipinski definition) is 3. The van der Waals surface area contributed by atoms with Crippen LogP contribution in [0.2, 0.25) is 0 Å². The molecule has 0 amide bonds. The predicted octanol–water partition coefficient (Wildman–Crippen LogP) is 4.05. The van der Waals surface area contributed by atoms with Crippen LogP contribution < -0.4 is 0 Å². The van der Waals surface area contributed by atoms with Crippen molar-refractivity contribution in [3.05, 3.63) is 0 Å². The zero-order valence-electron chi connectivity index (χ0n) is 12.4. The summed E-state index contributed by atoms with van der Waals surface area (Å²) in [5, 5.41) is 9.52. The van der Waals surface area contributed by atoms with Gasteiger partial charge in [-0.05, 0) is 39.0 Å². The van der Waals surface area contributed by atoms with Crippen LogP contribution in [0.15, 0.2) is 0 Å². The number of aliphatic hydroxyl groups excluding tert-OH is 1. The summed E-state index contributed by atoms with van der Waals surface area (Å²) in [5.41, 5.74) is 0.0394. The van der Waals surface area contributed by atoms with E-state index in [1.807, 2.05) is 20.8 Å². The molecule has 0 aromatic rings. The molecule has 0 heterocycles. The molecular weight excluding hydrogens is 216 g/mol. The smallest absolute Gasteiger partial charge is 0.188 e. The average Bonchev–Trinajstić information content (AvgIpc) is 2.11. The second kappa shape index (κ2) is 7.34. The van der Waals surface area contributed by atoms with Crippen LogP contribution in [0.1, 0.15) is 73.6 Å². The summed E-state index contributed by atoms with van der Waals surface area (Å²) in [7, 11) is 0. The Kier molecular flexibility index (Phi) is 7.29. The molecule has 0 bridgehead atoms. The van der Waals surface area contributed by atoms with E-state index in [0.29, 0.717) is 11.8 Å². The molecule has 0 saturated carbocycles. The van der Waals surface area contributed by atoms with Gasteiger partial charge in [0.15, 0.2) is 6.29 Å². The minimum absolute atomic E-state index is 0.368. The SMILES string of the molecule is CC(C)(C)CCCCCC(O)OOC(C)(C)C. The van der Waals surface area contributed by atoms with Gasteiger partial charge in [0, 0.05) is 6.42 Å². The zero-order chi connectivity index (χ0) is 13.5. The first-order valence-electron chi connectivity index (χ1n) is 6.63. The molecule has 0 fully saturated rings. The number of unbranched alkanes of at least 4 members (excludes halogenated alkanes) is 2. The van der Waals surface area contributed by atoms with E-state index in [2.05, 4.69) is 20.8 Å². The average molecular weight is 246 g/mol. The van der Waals surface area contributed by atoms with Gasteiger partial charge < -0.3 is 5.11 Å². The standard InChI is InChI=1S/C14H30O3/c1-13(2,3)11-9-7-8-10-12(15)16-17-14(4,5)6/h12,15H,7-11H2,1-6H3. The maximum atomic E-state index is 9.52. The van der Waals surface area contributed by atoms with Gasteiger partial charge in [0.2, 0.25) is 0 Å². The van der Waals surface area contributed by atoms with Crippen LogP contribution >= 0.6 is 0 Å². The minimum atomic E-state index is -0.802. The third kappa shape index (κ3) is 13.8. The van der Waals surface area contributed by atoms with Crippen molar-refractivity contribution < 1.29 is 14.9 Å². The van der Waals surface area contributed by atoms with Gasteiger partial charge >= 0.3 is 0 Å². The number of hydrogen-bond donors (Lipinski definition) is 1. The highest BCUT2D eigenvalue weighted by Gasteiger charge is 2.15. The zero-order valence-corrected chi connectivity index (χ0v) is 12.4. The van der Waals surface area contributed by atoms with Gasteiger partial charge in [-0.1, -0.05) is 33.6 Å². The Morgan fingerprint density at radius 3 is 2.00 bits per heavy atom. The summed E-state index contributed by atoms with van der Waals surface area (Å²) in [6.07, 6.45) is 4.38. The van der Waals surface area contributed by atoms with Crippen molar-refractivity contribution in [2.45, 2.75) is 85.5 Å². The predicted molar refractivity (Wildman–Crippen MR) is 70.5 cm³/mol. The van der Waals surface area contributed by atoms with E-state index in [4.69, 9.17) is 9.78 Å². The molecule has 0 spiro atoms. The van der Waals surface area contributed by atoms with Gasteiger partial charge in [-0.2, -0.15) is 0 Å². The Labute approximate surface area is 106 Å². The lowest BCUT2D eigenvalue weighted by Crippen LogP contribution is -2.24. The van der Waals surface area contributed by atoms with Gasteiger partial charge in [0.1, 0.15) is 0 Å². The lowest BCUT2D eigenvalue weighted by atomic mass is 9.89. The van der Waals surface area contributed by atoms with Crippen molar-refractivity contribution in [3.8, 4) is 0 Å². The Morgan fingerprint density at radius 1 is 0.941 bits per heavy atom. The molecule has 0 aromatic carbocycles. The molecule has 17 heavy (non-hydrogen) atoms. The van der Waals surface area contributed by atoms with Crippen LogP contribution in [0.4, 0.5) is 0 Å². The van der Waals surface area contributed by atoms with E-state index in [-0.39, 0.29) is 5.60 Å². The van der Waals surface area contributed by atoms with Gasteiger partial charge in [0.25, 0.3) is 0 Å². The minimum Gasteiger partial charge on any atom is -0.366 e. The quantitative estimate of drug-likeness (QED) is 0.319. The van der Waals surface area contributed by atoms with Gasteiger partial charge in [-0.25, -0.2) is 9.78 Å². The van der Waals surface area contributed by atoms with E-state index in [0.717, 1.165) is 12.8 Å². The van der Waals surface area contributed by atoms with Crippen LogP contribution in [0.3, 0.4) is 0 Å². The molecule has 3 nitrogen and oxygen atoms in total. The molecule has 0 aliphatic heterocycles. The Bertz CT molecular complexity index is 189. The summed E-state index contributed by atoms with van der Waals surface area (Å²) in [6.45, 7) is 12.4. The molecule has 3 heteroatoms. The molecule has 104 valence electrons. The van der Waals surface area contributed by atoms with E-state index in [1.165, 1.54) is 12.8 Å². The highest BCUT2D eigenvalue weighted by atomic mass is 17.2. The summed E-state index contributed by atoms with van der Waals surface area (Å²) < 4.78 is 0. The van der Waals surface area contributed by atoms with Crippen molar-refractivity contribution in [3.63, 3.8) is 0 Å². The number of rotatable bonds is 7. The Morgan fingerprint density at radius 2 is 1.53 bits per heavy atom. The molecule has 1 atom stereocenters. The first-order chi connectivity index (χ1) is 7.60. The topological polar surface area (TPSA) is 38.7 Å². The summed E-state index contributed by atoms with van der Waals surface area (Å²) in [6, 6.07) is 0. The fourth-order valence-corrected chi connectivity index (χ4v) is 1.40. The molecule has 0 aliphatic rings. The van der Waals surface area contributed by atoms with Gasteiger partial charge in [-0.3, -0.25) is 0 Å². The maximum absolute atomic E-state index is 9.52. The van der Waals surface area contributed by atoms with E-state index >= 15 is 0 Å². The molecule has 1 unspecified atom stereocenters. The summed E-state index contributed by atoms with van der Waals surface area (Å²) in [4.78, 5) is 9.96. The molecule has 1 N–H and O–H groups in total. The lowest BCUT2D eigenvalue weighted by molar-refractivity contribution is -0.410. The van der Waals surface area contributed by atoms with Crippen LogP contribution in [0.5, 0.6) is 0 Å².